The molecule has 0 aromatic carbocycles. The average Bonchev–Trinajstić information content (AvgIpc) is 3.20. The van der Waals surface area contributed by atoms with Crippen molar-refractivity contribution in [2.24, 2.45) is 0 Å². The molecule has 1 aliphatic carbocycles. The van der Waals surface area contributed by atoms with E-state index in [-0.39, 0.29) is 0 Å². The molecule has 2 aromatic rings. The highest BCUT2D eigenvalue weighted by molar-refractivity contribution is 7.16. The number of hydrogen-bond donors (Lipinski definition) is 1. The first kappa shape index (κ1) is 18.0. The van der Waals surface area contributed by atoms with Gasteiger partial charge in [0.15, 0.2) is 6.61 Å². The van der Waals surface area contributed by atoms with E-state index >= 15 is 0 Å². The van der Waals surface area contributed by atoms with Gasteiger partial charge in [-0.15, -0.1) is 11.3 Å². The van der Waals surface area contributed by atoms with Gasteiger partial charge in [0, 0.05) is 11.0 Å². The molecule has 0 unspecified atom stereocenters. The summed E-state index contributed by atoms with van der Waals surface area (Å²) < 4.78 is 9.97. The number of nitrogens with zero attached hydrogens (tertiary/aromatic N) is 1. The maximum atomic E-state index is 12.1. The van der Waals surface area contributed by atoms with E-state index in [9.17, 15) is 14.9 Å². The lowest BCUT2D eigenvalue weighted by molar-refractivity contribution is -0.142. The third kappa shape index (κ3) is 4.41. The summed E-state index contributed by atoms with van der Waals surface area (Å²) in [5, 5.41) is 12.7. The van der Waals surface area contributed by atoms with E-state index < -0.39 is 18.5 Å². The molecule has 1 aliphatic rings. The topological polar surface area (TPSA) is 92.3 Å². The number of hydrogen-bond acceptors (Lipinski definition) is 6. The Hall–Kier alpha value is -2.85. The van der Waals surface area contributed by atoms with E-state index in [1.54, 1.807) is 12.1 Å². The minimum atomic E-state index is -0.640. The molecule has 0 saturated heterocycles. The van der Waals surface area contributed by atoms with Crippen molar-refractivity contribution in [3.05, 3.63) is 46.2 Å². The van der Waals surface area contributed by atoms with E-state index in [4.69, 9.17) is 9.15 Å². The highest BCUT2D eigenvalue weighted by atomic mass is 32.1. The van der Waals surface area contributed by atoms with E-state index in [1.165, 1.54) is 34.6 Å². The molecule has 0 atom stereocenters. The Morgan fingerprint density at radius 3 is 2.96 bits per heavy atom. The summed E-state index contributed by atoms with van der Waals surface area (Å²) in [6, 6.07) is 5.60. The summed E-state index contributed by atoms with van der Waals surface area (Å²) in [5.41, 5.74) is 1.60. The molecule has 0 aliphatic heterocycles. The molecule has 134 valence electrons. The SMILES string of the molecule is N#Cc1c(NC(=O)COC(=O)/C=C/c2ccco2)sc2c1CCCCC2. The van der Waals surface area contributed by atoms with Crippen molar-refractivity contribution in [2.45, 2.75) is 32.1 Å². The van der Waals surface area contributed by atoms with Crippen LogP contribution in [-0.4, -0.2) is 18.5 Å². The van der Waals surface area contributed by atoms with Crippen molar-refractivity contribution in [2.75, 3.05) is 11.9 Å². The van der Waals surface area contributed by atoms with Crippen LogP contribution in [0.3, 0.4) is 0 Å². The summed E-state index contributed by atoms with van der Waals surface area (Å²) in [6.45, 7) is -0.408. The van der Waals surface area contributed by atoms with Crippen molar-refractivity contribution >= 4 is 34.3 Å². The number of furan rings is 1. The smallest absolute Gasteiger partial charge is 0.331 e. The van der Waals surface area contributed by atoms with Gasteiger partial charge in [-0.05, 0) is 49.5 Å². The number of anilines is 1. The molecule has 2 heterocycles. The van der Waals surface area contributed by atoms with Crippen LogP contribution in [0.4, 0.5) is 5.00 Å². The predicted octanol–water partition coefficient (Wildman–Crippen LogP) is 3.68. The molecule has 7 heteroatoms. The molecule has 26 heavy (non-hydrogen) atoms. The first-order valence-corrected chi connectivity index (χ1v) is 9.22. The standard InChI is InChI=1S/C19H18N2O4S/c20-11-15-14-6-2-1-3-7-16(14)26-19(15)21-17(22)12-25-18(23)9-8-13-5-4-10-24-13/h4-5,8-10H,1-3,6-7,12H2,(H,21,22)/b9-8+. The first-order chi connectivity index (χ1) is 12.7. The lowest BCUT2D eigenvalue weighted by atomic mass is 10.1. The van der Waals surface area contributed by atoms with Crippen LogP contribution in [0.15, 0.2) is 28.9 Å². The molecule has 0 spiro atoms. The predicted molar refractivity (Wildman–Crippen MR) is 97.6 cm³/mol. The number of thiophene rings is 1. The summed E-state index contributed by atoms with van der Waals surface area (Å²) in [6.07, 6.45) is 9.29. The fraction of sp³-hybridized carbons (Fsp3) is 0.316. The van der Waals surface area contributed by atoms with Gasteiger partial charge in [-0.3, -0.25) is 4.79 Å². The monoisotopic (exact) mass is 370 g/mol. The zero-order valence-corrected chi connectivity index (χ0v) is 14.9. The number of carbonyl (C=O) groups is 2. The third-order valence-electron chi connectivity index (χ3n) is 4.06. The van der Waals surface area contributed by atoms with E-state index in [0.717, 1.165) is 37.7 Å². The lowest BCUT2D eigenvalue weighted by Gasteiger charge is -2.04. The Labute approximate surface area is 155 Å². The van der Waals surface area contributed by atoms with Gasteiger partial charge in [-0.2, -0.15) is 5.26 Å². The van der Waals surface area contributed by atoms with E-state index in [1.807, 2.05) is 0 Å². The van der Waals surface area contributed by atoms with E-state index in [0.29, 0.717) is 16.3 Å². The summed E-state index contributed by atoms with van der Waals surface area (Å²) in [4.78, 5) is 24.9. The van der Waals surface area contributed by atoms with Gasteiger partial charge in [0.1, 0.15) is 16.8 Å². The quantitative estimate of drug-likeness (QED) is 0.492. The summed E-state index contributed by atoms with van der Waals surface area (Å²) >= 11 is 1.45. The van der Waals surface area contributed by atoms with Gasteiger partial charge < -0.3 is 14.5 Å². The molecule has 0 fully saturated rings. The second-order valence-electron chi connectivity index (χ2n) is 5.89. The third-order valence-corrected chi connectivity index (χ3v) is 5.27. The van der Waals surface area contributed by atoms with Gasteiger partial charge in [0.2, 0.25) is 0 Å². The van der Waals surface area contributed by atoms with Crippen LogP contribution >= 0.6 is 11.3 Å². The van der Waals surface area contributed by atoms with Crippen LogP contribution in [0.2, 0.25) is 0 Å². The number of nitriles is 1. The van der Waals surface area contributed by atoms with E-state index in [2.05, 4.69) is 11.4 Å². The molecule has 0 bridgehead atoms. The second-order valence-corrected chi connectivity index (χ2v) is 6.99. The zero-order chi connectivity index (χ0) is 18.4. The summed E-state index contributed by atoms with van der Waals surface area (Å²) in [5.74, 6) is -0.582. The van der Waals surface area contributed by atoms with Crippen LogP contribution in [-0.2, 0) is 27.2 Å². The summed E-state index contributed by atoms with van der Waals surface area (Å²) in [7, 11) is 0. The highest BCUT2D eigenvalue weighted by Crippen LogP contribution is 2.36. The fourth-order valence-electron chi connectivity index (χ4n) is 2.83. The van der Waals surface area contributed by atoms with Crippen LogP contribution in [0.1, 0.15) is 41.0 Å². The minimum Gasteiger partial charge on any atom is -0.465 e. The second kappa shape index (κ2) is 8.50. The maximum absolute atomic E-state index is 12.1. The Morgan fingerprint density at radius 1 is 1.35 bits per heavy atom. The Balaban J connectivity index is 1.57. The normalized spacial score (nSPS) is 13.7. The number of ether oxygens (including phenoxy) is 1. The molecule has 2 aromatic heterocycles. The van der Waals surface area contributed by atoms with Crippen molar-refractivity contribution in [1.29, 1.82) is 5.26 Å². The molecular weight excluding hydrogens is 352 g/mol. The maximum Gasteiger partial charge on any atom is 0.331 e. The van der Waals surface area contributed by atoms with Gasteiger partial charge in [0.05, 0.1) is 11.8 Å². The number of rotatable bonds is 5. The van der Waals surface area contributed by atoms with Crippen LogP contribution < -0.4 is 5.32 Å². The van der Waals surface area contributed by atoms with Gasteiger partial charge in [-0.1, -0.05) is 6.42 Å². The van der Waals surface area contributed by atoms with Crippen LogP contribution in [0.5, 0.6) is 0 Å². The number of carbonyl (C=O) groups excluding carboxylic acids is 2. The van der Waals surface area contributed by atoms with Gasteiger partial charge in [-0.25, -0.2) is 4.79 Å². The molecule has 0 saturated carbocycles. The molecule has 0 radical (unpaired) electrons. The molecular formula is C19H18N2O4S. The van der Waals surface area contributed by atoms with Crippen LogP contribution in [0, 0.1) is 11.3 Å². The molecule has 1 amide bonds. The number of esters is 1. The minimum absolute atomic E-state index is 0.408. The number of aryl methyl sites for hydroxylation is 1. The van der Waals surface area contributed by atoms with Crippen molar-refractivity contribution in [3.8, 4) is 6.07 Å². The highest BCUT2D eigenvalue weighted by Gasteiger charge is 2.21. The van der Waals surface area contributed by atoms with Gasteiger partial charge >= 0.3 is 5.97 Å². The lowest BCUT2D eigenvalue weighted by Crippen LogP contribution is -2.20. The molecule has 3 rings (SSSR count). The Morgan fingerprint density at radius 2 is 2.19 bits per heavy atom. The molecule has 6 nitrogen and oxygen atoms in total. The fourth-order valence-corrected chi connectivity index (χ4v) is 4.09. The van der Waals surface area contributed by atoms with Crippen molar-refractivity contribution in [3.63, 3.8) is 0 Å². The van der Waals surface area contributed by atoms with Crippen LogP contribution in [0.25, 0.3) is 6.08 Å². The largest absolute Gasteiger partial charge is 0.465 e. The number of amides is 1. The first-order valence-electron chi connectivity index (χ1n) is 8.40. The number of nitrogens with one attached hydrogen (secondary N) is 1. The Kier molecular flexibility index (Phi) is 5.87. The average molecular weight is 370 g/mol. The Bertz CT molecular complexity index is 859. The van der Waals surface area contributed by atoms with Crippen molar-refractivity contribution in [1.82, 2.24) is 0 Å². The zero-order valence-electron chi connectivity index (χ0n) is 14.1. The molecule has 1 N–H and O–H groups in total. The van der Waals surface area contributed by atoms with Gasteiger partial charge in [0.25, 0.3) is 5.91 Å². The van der Waals surface area contributed by atoms with Crippen molar-refractivity contribution < 1.29 is 18.7 Å². The number of fused-ring (bicyclic) bond motifs is 1.